The number of benzene rings is 1. The number of carbonyl (C=O) groups excluding carboxylic acids is 1. The molecule has 3 heterocycles. The first-order valence-corrected chi connectivity index (χ1v) is 9.27. The van der Waals surface area contributed by atoms with Gasteiger partial charge in [0.1, 0.15) is 11.9 Å². The topological polar surface area (TPSA) is 73.4 Å². The summed E-state index contributed by atoms with van der Waals surface area (Å²) >= 11 is 0. The van der Waals surface area contributed by atoms with Gasteiger partial charge in [-0.25, -0.2) is 4.98 Å². The van der Waals surface area contributed by atoms with Crippen molar-refractivity contribution in [1.29, 1.82) is 0 Å². The van der Waals surface area contributed by atoms with Gasteiger partial charge in [-0.1, -0.05) is 12.1 Å². The van der Waals surface area contributed by atoms with Crippen molar-refractivity contribution in [2.45, 2.75) is 19.2 Å². The summed E-state index contributed by atoms with van der Waals surface area (Å²) in [6, 6.07) is 4.79. The maximum atomic E-state index is 13.0. The highest BCUT2D eigenvalue weighted by molar-refractivity contribution is 5.93. The van der Waals surface area contributed by atoms with Gasteiger partial charge in [0, 0.05) is 19.8 Å². The second kappa shape index (κ2) is 7.60. The van der Waals surface area contributed by atoms with E-state index in [0.717, 1.165) is 12.1 Å². The van der Waals surface area contributed by atoms with Gasteiger partial charge < -0.3 is 14.1 Å². The van der Waals surface area contributed by atoms with E-state index >= 15 is 0 Å². The van der Waals surface area contributed by atoms with Crippen molar-refractivity contribution < 1.29 is 27.1 Å². The normalized spacial score (nSPS) is 17.4. The highest BCUT2D eigenvalue weighted by Crippen LogP contribution is 2.31. The summed E-state index contributed by atoms with van der Waals surface area (Å²) in [6.45, 7) is 2.49. The third-order valence-corrected chi connectivity index (χ3v) is 4.91. The third-order valence-electron chi connectivity index (χ3n) is 4.91. The van der Waals surface area contributed by atoms with Crippen LogP contribution >= 0.6 is 0 Å². The minimum Gasteiger partial charge on any atom is -0.440 e. The molecule has 0 spiro atoms. The van der Waals surface area contributed by atoms with Crippen LogP contribution < -0.4 is 0 Å². The molecule has 1 amide bonds. The molecule has 0 aliphatic carbocycles. The summed E-state index contributed by atoms with van der Waals surface area (Å²) in [7, 11) is 1.76. The Morgan fingerprint density at radius 1 is 1.23 bits per heavy atom. The molecular weight excluding hydrogens is 401 g/mol. The number of oxazole rings is 1. The molecule has 10 heteroatoms. The van der Waals surface area contributed by atoms with E-state index in [1.54, 1.807) is 35.9 Å². The molecule has 1 unspecified atom stereocenters. The number of carbonyl (C=O) groups is 1. The lowest BCUT2D eigenvalue weighted by Crippen LogP contribution is -2.42. The number of aromatic nitrogens is 3. The van der Waals surface area contributed by atoms with Gasteiger partial charge in [0.2, 0.25) is 5.89 Å². The Hall–Kier alpha value is -3.14. The van der Waals surface area contributed by atoms with Crippen molar-refractivity contribution in [3.63, 3.8) is 0 Å². The molecule has 1 fully saturated rings. The zero-order valence-corrected chi connectivity index (χ0v) is 16.3. The minimum absolute atomic E-state index is 0.196. The molecular formula is C20H19F3N4O3. The van der Waals surface area contributed by atoms with Gasteiger partial charge in [-0.05, 0) is 24.6 Å². The zero-order valence-electron chi connectivity index (χ0n) is 16.3. The number of nitrogens with zero attached hydrogens (tertiary/aromatic N) is 4. The van der Waals surface area contributed by atoms with Crippen LogP contribution in [0.25, 0.3) is 11.5 Å². The Morgan fingerprint density at radius 3 is 2.60 bits per heavy atom. The van der Waals surface area contributed by atoms with E-state index in [9.17, 15) is 18.0 Å². The molecule has 0 bridgehead atoms. The van der Waals surface area contributed by atoms with Gasteiger partial charge >= 0.3 is 6.18 Å². The standard InChI is InChI=1S/C20H19F3N4O3/c1-12-17(25-18(30-12)14-9-24-26(2)10-14)19(28)27-7-8-29-16(11-27)13-3-5-15(6-4-13)20(21,22)23/h3-6,9-10,16H,7-8,11H2,1-2H3. The van der Waals surface area contributed by atoms with E-state index in [-0.39, 0.29) is 24.8 Å². The second-order valence-corrected chi connectivity index (χ2v) is 7.06. The van der Waals surface area contributed by atoms with Crippen molar-refractivity contribution >= 4 is 5.91 Å². The van der Waals surface area contributed by atoms with Crippen LogP contribution in [0.5, 0.6) is 0 Å². The lowest BCUT2D eigenvalue weighted by molar-refractivity contribution is -0.137. The van der Waals surface area contributed by atoms with Crippen molar-refractivity contribution in [3.8, 4) is 11.5 Å². The Bertz CT molecular complexity index is 1060. The summed E-state index contributed by atoms with van der Waals surface area (Å²) in [5.41, 5.74) is 0.704. The van der Waals surface area contributed by atoms with Gasteiger partial charge in [0.25, 0.3) is 5.91 Å². The summed E-state index contributed by atoms with van der Waals surface area (Å²) in [5, 5.41) is 4.07. The van der Waals surface area contributed by atoms with Crippen LogP contribution in [-0.4, -0.2) is 45.3 Å². The number of amides is 1. The molecule has 1 aliphatic heterocycles. The predicted octanol–water partition coefficient (Wildman–Crippen LogP) is 3.62. The van der Waals surface area contributed by atoms with E-state index in [4.69, 9.17) is 9.15 Å². The van der Waals surface area contributed by atoms with Crippen LogP contribution in [-0.2, 0) is 18.0 Å². The number of halogens is 3. The first-order chi connectivity index (χ1) is 14.2. The fourth-order valence-electron chi connectivity index (χ4n) is 3.32. The molecule has 1 saturated heterocycles. The molecule has 1 aliphatic rings. The monoisotopic (exact) mass is 420 g/mol. The minimum atomic E-state index is -4.40. The van der Waals surface area contributed by atoms with Crippen LogP contribution in [0.4, 0.5) is 13.2 Å². The van der Waals surface area contributed by atoms with Crippen molar-refractivity contribution in [3.05, 3.63) is 59.2 Å². The SMILES string of the molecule is Cc1oc(-c2cnn(C)c2)nc1C(=O)N1CCOC(c2ccc(C(F)(F)F)cc2)C1. The number of alkyl halides is 3. The van der Waals surface area contributed by atoms with E-state index in [1.807, 2.05) is 0 Å². The summed E-state index contributed by atoms with van der Waals surface area (Å²) in [4.78, 5) is 18.9. The van der Waals surface area contributed by atoms with Crippen LogP contribution in [0, 0.1) is 6.92 Å². The van der Waals surface area contributed by atoms with E-state index in [1.165, 1.54) is 12.1 Å². The van der Waals surface area contributed by atoms with E-state index in [2.05, 4.69) is 10.1 Å². The van der Waals surface area contributed by atoms with Gasteiger partial charge in [-0.3, -0.25) is 9.48 Å². The van der Waals surface area contributed by atoms with Crippen LogP contribution in [0.3, 0.4) is 0 Å². The number of rotatable bonds is 3. The highest BCUT2D eigenvalue weighted by atomic mass is 19.4. The fourth-order valence-corrected chi connectivity index (χ4v) is 3.32. The van der Waals surface area contributed by atoms with E-state index in [0.29, 0.717) is 29.3 Å². The van der Waals surface area contributed by atoms with Gasteiger partial charge in [-0.15, -0.1) is 0 Å². The Balaban J connectivity index is 1.51. The summed E-state index contributed by atoms with van der Waals surface area (Å²) < 4.78 is 51.2. The molecule has 0 N–H and O–H groups in total. The van der Waals surface area contributed by atoms with Crippen LogP contribution in [0.2, 0.25) is 0 Å². The fraction of sp³-hybridized carbons (Fsp3) is 0.350. The number of hydrogen-bond donors (Lipinski definition) is 0. The highest BCUT2D eigenvalue weighted by Gasteiger charge is 2.32. The van der Waals surface area contributed by atoms with E-state index < -0.39 is 17.8 Å². The van der Waals surface area contributed by atoms with Gasteiger partial charge in [0.15, 0.2) is 5.69 Å². The second-order valence-electron chi connectivity index (χ2n) is 7.06. The maximum absolute atomic E-state index is 13.0. The average molecular weight is 420 g/mol. The zero-order chi connectivity index (χ0) is 21.5. The molecule has 4 rings (SSSR count). The average Bonchev–Trinajstić information content (AvgIpc) is 3.32. The molecule has 3 aromatic rings. The first kappa shape index (κ1) is 20.1. The lowest BCUT2D eigenvalue weighted by Gasteiger charge is -2.33. The largest absolute Gasteiger partial charge is 0.440 e. The van der Waals surface area contributed by atoms with Crippen LogP contribution in [0.1, 0.15) is 33.5 Å². The van der Waals surface area contributed by atoms with Crippen molar-refractivity contribution in [2.75, 3.05) is 19.7 Å². The molecule has 30 heavy (non-hydrogen) atoms. The van der Waals surface area contributed by atoms with Gasteiger partial charge in [-0.2, -0.15) is 18.3 Å². The number of morpholine rings is 1. The molecule has 1 aromatic carbocycles. The van der Waals surface area contributed by atoms with Crippen molar-refractivity contribution in [2.24, 2.45) is 7.05 Å². The Kier molecular flexibility index (Phi) is 5.10. The summed E-state index contributed by atoms with van der Waals surface area (Å²) in [5.74, 6) is 0.375. The number of aryl methyl sites for hydroxylation is 2. The molecule has 0 saturated carbocycles. The molecule has 2 aromatic heterocycles. The van der Waals surface area contributed by atoms with Crippen molar-refractivity contribution in [1.82, 2.24) is 19.7 Å². The molecule has 0 radical (unpaired) electrons. The molecule has 7 nitrogen and oxygen atoms in total. The molecule has 158 valence electrons. The summed E-state index contributed by atoms with van der Waals surface area (Å²) in [6.07, 6.45) is -1.59. The predicted molar refractivity (Wildman–Crippen MR) is 99.5 cm³/mol. The number of ether oxygens (including phenoxy) is 1. The number of hydrogen-bond acceptors (Lipinski definition) is 5. The smallest absolute Gasteiger partial charge is 0.416 e. The Morgan fingerprint density at radius 2 is 1.97 bits per heavy atom. The Labute approximate surface area is 170 Å². The quantitative estimate of drug-likeness (QED) is 0.647. The van der Waals surface area contributed by atoms with Gasteiger partial charge in [0.05, 0.1) is 30.5 Å². The first-order valence-electron chi connectivity index (χ1n) is 9.27. The van der Waals surface area contributed by atoms with Crippen LogP contribution in [0.15, 0.2) is 41.1 Å². The lowest BCUT2D eigenvalue weighted by atomic mass is 10.0. The molecule has 1 atom stereocenters. The maximum Gasteiger partial charge on any atom is 0.416 e. The third kappa shape index (κ3) is 3.95.